The van der Waals surface area contributed by atoms with Crippen LogP contribution in [0.2, 0.25) is 0 Å². The molecule has 1 aliphatic heterocycles. The lowest BCUT2D eigenvalue weighted by molar-refractivity contribution is -0.130. The van der Waals surface area contributed by atoms with Crippen LogP contribution in [0.1, 0.15) is 43.4 Å². The van der Waals surface area contributed by atoms with E-state index in [1.165, 1.54) is 30.4 Å². The molecule has 0 spiro atoms. The summed E-state index contributed by atoms with van der Waals surface area (Å²) in [6.07, 6.45) is 4.08. The van der Waals surface area contributed by atoms with E-state index in [4.69, 9.17) is 0 Å². The van der Waals surface area contributed by atoms with E-state index in [1.54, 1.807) is 6.92 Å². The van der Waals surface area contributed by atoms with Crippen molar-refractivity contribution in [2.24, 2.45) is 5.92 Å². The van der Waals surface area contributed by atoms with Gasteiger partial charge in [-0.05, 0) is 24.8 Å². The second-order valence-corrected chi connectivity index (χ2v) is 6.65. The molecule has 0 aromatic heterocycles. The normalized spacial score (nSPS) is 21.3. The van der Waals surface area contributed by atoms with Gasteiger partial charge in [0.05, 0.1) is 0 Å². The molecule has 1 saturated heterocycles. The van der Waals surface area contributed by atoms with Gasteiger partial charge in [-0.25, -0.2) is 0 Å². The number of piperazine rings is 1. The van der Waals surface area contributed by atoms with Gasteiger partial charge in [0.1, 0.15) is 0 Å². The quantitative estimate of drug-likeness (QED) is 0.849. The molecule has 1 heterocycles. The lowest BCUT2D eigenvalue weighted by Crippen LogP contribution is -2.49. The van der Waals surface area contributed by atoms with E-state index in [0.717, 1.165) is 32.1 Å². The largest absolute Gasteiger partial charge is 0.340 e. The molecule has 3 rings (SSSR count). The van der Waals surface area contributed by atoms with Gasteiger partial charge in [0, 0.05) is 39.1 Å². The SMILES string of the molecule is CC(=O)N1CCN(C(CC2CC2)c2ccc(C)cc2)CC1. The van der Waals surface area contributed by atoms with Crippen LogP contribution in [0.15, 0.2) is 24.3 Å². The first-order chi connectivity index (χ1) is 10.1. The lowest BCUT2D eigenvalue weighted by atomic mass is 9.97. The highest BCUT2D eigenvalue weighted by atomic mass is 16.2. The molecular formula is C18H26N2O. The summed E-state index contributed by atoms with van der Waals surface area (Å²) in [6, 6.07) is 9.56. The zero-order valence-electron chi connectivity index (χ0n) is 13.2. The molecule has 1 saturated carbocycles. The van der Waals surface area contributed by atoms with E-state index in [-0.39, 0.29) is 5.91 Å². The van der Waals surface area contributed by atoms with Gasteiger partial charge in [-0.15, -0.1) is 0 Å². The maximum absolute atomic E-state index is 11.5. The fourth-order valence-corrected chi connectivity index (χ4v) is 3.30. The number of aryl methyl sites for hydroxylation is 1. The first-order valence-electron chi connectivity index (χ1n) is 8.19. The molecule has 1 atom stereocenters. The summed E-state index contributed by atoms with van der Waals surface area (Å²) in [7, 11) is 0. The fraction of sp³-hybridized carbons (Fsp3) is 0.611. The third kappa shape index (κ3) is 3.65. The number of nitrogens with zero attached hydrogens (tertiary/aromatic N) is 2. The predicted molar refractivity (Wildman–Crippen MR) is 85.1 cm³/mol. The van der Waals surface area contributed by atoms with Crippen molar-refractivity contribution in [3.8, 4) is 0 Å². The first kappa shape index (κ1) is 14.6. The number of benzene rings is 1. The van der Waals surface area contributed by atoms with Gasteiger partial charge in [0.2, 0.25) is 5.91 Å². The molecule has 0 N–H and O–H groups in total. The van der Waals surface area contributed by atoms with Crippen LogP contribution < -0.4 is 0 Å². The Morgan fingerprint density at radius 2 is 1.76 bits per heavy atom. The number of rotatable bonds is 4. The van der Waals surface area contributed by atoms with Crippen LogP contribution in [0.25, 0.3) is 0 Å². The lowest BCUT2D eigenvalue weighted by Gasteiger charge is -2.39. The standard InChI is InChI=1S/C18H26N2O/c1-14-3-7-17(8-4-14)18(13-16-5-6-16)20-11-9-19(10-12-20)15(2)21/h3-4,7-8,16,18H,5-6,9-13H2,1-2H3. The number of amides is 1. The number of carbonyl (C=O) groups excluding carboxylic acids is 1. The average molecular weight is 286 g/mol. The minimum atomic E-state index is 0.212. The van der Waals surface area contributed by atoms with E-state index < -0.39 is 0 Å². The Morgan fingerprint density at radius 3 is 2.29 bits per heavy atom. The highest BCUT2D eigenvalue weighted by molar-refractivity contribution is 5.73. The van der Waals surface area contributed by atoms with Gasteiger partial charge in [-0.3, -0.25) is 9.69 Å². The molecule has 1 aliphatic carbocycles. The van der Waals surface area contributed by atoms with Crippen LogP contribution in [-0.2, 0) is 4.79 Å². The minimum absolute atomic E-state index is 0.212. The molecule has 0 bridgehead atoms. The van der Waals surface area contributed by atoms with Gasteiger partial charge >= 0.3 is 0 Å². The molecule has 114 valence electrons. The Kier molecular flexibility index (Phi) is 4.29. The molecule has 1 amide bonds. The van der Waals surface area contributed by atoms with Crippen molar-refractivity contribution in [3.05, 3.63) is 35.4 Å². The zero-order valence-corrected chi connectivity index (χ0v) is 13.2. The van der Waals surface area contributed by atoms with Crippen molar-refractivity contribution in [2.45, 2.75) is 39.2 Å². The van der Waals surface area contributed by atoms with Crippen molar-refractivity contribution >= 4 is 5.91 Å². The maximum Gasteiger partial charge on any atom is 0.219 e. The molecule has 1 unspecified atom stereocenters. The third-order valence-corrected chi connectivity index (χ3v) is 4.92. The summed E-state index contributed by atoms with van der Waals surface area (Å²) < 4.78 is 0. The van der Waals surface area contributed by atoms with E-state index in [0.29, 0.717) is 6.04 Å². The van der Waals surface area contributed by atoms with Gasteiger partial charge in [0.25, 0.3) is 0 Å². The highest BCUT2D eigenvalue weighted by Crippen LogP contribution is 2.40. The molecular weight excluding hydrogens is 260 g/mol. The van der Waals surface area contributed by atoms with Crippen molar-refractivity contribution in [1.29, 1.82) is 0 Å². The van der Waals surface area contributed by atoms with Crippen LogP contribution in [-0.4, -0.2) is 41.9 Å². The van der Waals surface area contributed by atoms with Crippen LogP contribution in [0.5, 0.6) is 0 Å². The molecule has 1 aromatic rings. The Hall–Kier alpha value is -1.35. The number of hydrogen-bond donors (Lipinski definition) is 0. The van der Waals surface area contributed by atoms with Crippen molar-refractivity contribution in [2.75, 3.05) is 26.2 Å². The summed E-state index contributed by atoms with van der Waals surface area (Å²) in [4.78, 5) is 16.0. The second-order valence-electron chi connectivity index (χ2n) is 6.65. The minimum Gasteiger partial charge on any atom is -0.340 e. The fourth-order valence-electron chi connectivity index (χ4n) is 3.30. The molecule has 2 fully saturated rings. The van der Waals surface area contributed by atoms with Gasteiger partial charge in [0.15, 0.2) is 0 Å². The van der Waals surface area contributed by atoms with Crippen molar-refractivity contribution in [1.82, 2.24) is 9.80 Å². The highest BCUT2D eigenvalue weighted by Gasteiger charge is 2.31. The van der Waals surface area contributed by atoms with Gasteiger partial charge in [-0.2, -0.15) is 0 Å². The maximum atomic E-state index is 11.5. The Morgan fingerprint density at radius 1 is 1.14 bits per heavy atom. The summed E-state index contributed by atoms with van der Waals surface area (Å²) in [5.41, 5.74) is 2.77. The Balaban J connectivity index is 1.70. The average Bonchev–Trinajstić information content (AvgIpc) is 3.30. The van der Waals surface area contributed by atoms with Crippen LogP contribution in [0.3, 0.4) is 0 Å². The van der Waals surface area contributed by atoms with Crippen LogP contribution >= 0.6 is 0 Å². The Bertz CT molecular complexity index is 484. The number of hydrogen-bond acceptors (Lipinski definition) is 2. The van der Waals surface area contributed by atoms with Crippen LogP contribution in [0.4, 0.5) is 0 Å². The summed E-state index contributed by atoms with van der Waals surface area (Å²) in [5, 5.41) is 0. The first-order valence-corrected chi connectivity index (χ1v) is 8.19. The van der Waals surface area contributed by atoms with E-state index in [1.807, 2.05) is 4.90 Å². The van der Waals surface area contributed by atoms with Gasteiger partial charge in [-0.1, -0.05) is 42.7 Å². The molecule has 3 nitrogen and oxygen atoms in total. The zero-order chi connectivity index (χ0) is 14.8. The van der Waals surface area contributed by atoms with Gasteiger partial charge < -0.3 is 4.90 Å². The molecule has 1 aromatic carbocycles. The van der Waals surface area contributed by atoms with E-state index in [9.17, 15) is 4.79 Å². The topological polar surface area (TPSA) is 23.6 Å². The molecule has 2 aliphatic rings. The van der Waals surface area contributed by atoms with E-state index in [2.05, 4.69) is 36.1 Å². The smallest absolute Gasteiger partial charge is 0.219 e. The predicted octanol–water partition coefficient (Wildman–Crippen LogP) is 3.00. The molecule has 3 heteroatoms. The van der Waals surface area contributed by atoms with Crippen molar-refractivity contribution in [3.63, 3.8) is 0 Å². The molecule has 0 radical (unpaired) electrons. The second kappa shape index (κ2) is 6.18. The van der Waals surface area contributed by atoms with E-state index >= 15 is 0 Å². The monoisotopic (exact) mass is 286 g/mol. The summed E-state index contributed by atoms with van der Waals surface area (Å²) in [5.74, 6) is 1.13. The summed E-state index contributed by atoms with van der Waals surface area (Å²) >= 11 is 0. The Labute approximate surface area is 127 Å². The summed E-state index contributed by atoms with van der Waals surface area (Å²) in [6.45, 7) is 7.59. The number of carbonyl (C=O) groups is 1. The third-order valence-electron chi connectivity index (χ3n) is 4.92. The van der Waals surface area contributed by atoms with Crippen LogP contribution in [0, 0.1) is 12.8 Å². The van der Waals surface area contributed by atoms with Crippen molar-refractivity contribution < 1.29 is 4.79 Å². The molecule has 21 heavy (non-hydrogen) atoms.